The van der Waals surface area contributed by atoms with Crippen LogP contribution in [0.3, 0.4) is 0 Å². The molecule has 0 radical (unpaired) electrons. The first kappa shape index (κ1) is 26.2. The van der Waals surface area contributed by atoms with Gasteiger partial charge in [-0.2, -0.15) is 0 Å². The van der Waals surface area contributed by atoms with Crippen LogP contribution in [-0.2, 0) is 16.1 Å². The van der Waals surface area contributed by atoms with Gasteiger partial charge in [0.25, 0.3) is 0 Å². The number of methoxy groups -OCH3 is 1. The Hall–Kier alpha value is -3.02. The SMILES string of the molecule is CCC(C(=O)NCC(C)C)N(Cc1cccc(OC)c1)C(=O)CCCOc1ccc(C)cc1. The van der Waals surface area contributed by atoms with Crippen LogP contribution in [0, 0.1) is 12.8 Å². The molecular weight excluding hydrogens is 416 g/mol. The van der Waals surface area contributed by atoms with Gasteiger partial charge in [-0.1, -0.05) is 50.6 Å². The molecule has 2 amide bonds. The summed E-state index contributed by atoms with van der Waals surface area (Å²) in [5.41, 5.74) is 2.10. The molecule has 0 aliphatic rings. The fourth-order valence-electron chi connectivity index (χ4n) is 3.50. The van der Waals surface area contributed by atoms with Crippen molar-refractivity contribution < 1.29 is 19.1 Å². The summed E-state index contributed by atoms with van der Waals surface area (Å²) >= 11 is 0. The van der Waals surface area contributed by atoms with Crippen molar-refractivity contribution in [2.24, 2.45) is 5.92 Å². The van der Waals surface area contributed by atoms with Gasteiger partial charge in [0, 0.05) is 19.5 Å². The molecule has 1 N–H and O–H groups in total. The summed E-state index contributed by atoms with van der Waals surface area (Å²) in [6, 6.07) is 14.9. The van der Waals surface area contributed by atoms with Gasteiger partial charge in [0.2, 0.25) is 11.8 Å². The molecule has 2 aromatic carbocycles. The average molecular weight is 455 g/mol. The van der Waals surface area contributed by atoms with Gasteiger partial charge < -0.3 is 19.7 Å². The van der Waals surface area contributed by atoms with Crippen molar-refractivity contribution in [3.8, 4) is 11.5 Å². The third kappa shape index (κ3) is 8.79. The van der Waals surface area contributed by atoms with Crippen LogP contribution in [-0.4, -0.2) is 43.0 Å². The Morgan fingerprint density at radius 2 is 1.79 bits per heavy atom. The van der Waals surface area contributed by atoms with Crippen LogP contribution >= 0.6 is 0 Å². The smallest absolute Gasteiger partial charge is 0.242 e. The van der Waals surface area contributed by atoms with E-state index in [-0.39, 0.29) is 11.8 Å². The van der Waals surface area contributed by atoms with Gasteiger partial charge in [-0.05, 0) is 55.5 Å². The molecule has 33 heavy (non-hydrogen) atoms. The minimum atomic E-state index is -0.527. The van der Waals surface area contributed by atoms with E-state index in [1.165, 1.54) is 5.56 Å². The zero-order valence-corrected chi connectivity index (χ0v) is 20.6. The molecule has 180 valence electrons. The molecule has 6 heteroatoms. The van der Waals surface area contributed by atoms with Crippen LogP contribution in [0.25, 0.3) is 0 Å². The van der Waals surface area contributed by atoms with E-state index in [0.717, 1.165) is 17.1 Å². The summed E-state index contributed by atoms with van der Waals surface area (Å²) in [6.45, 7) is 9.44. The molecule has 0 bridgehead atoms. The number of nitrogens with zero attached hydrogens (tertiary/aromatic N) is 1. The Bertz CT molecular complexity index is 880. The third-order valence-corrected chi connectivity index (χ3v) is 5.38. The number of aryl methyl sites for hydroxylation is 1. The lowest BCUT2D eigenvalue weighted by Gasteiger charge is -2.31. The quantitative estimate of drug-likeness (QED) is 0.444. The van der Waals surface area contributed by atoms with Gasteiger partial charge in [-0.25, -0.2) is 0 Å². The largest absolute Gasteiger partial charge is 0.497 e. The summed E-state index contributed by atoms with van der Waals surface area (Å²) in [5, 5.41) is 2.99. The summed E-state index contributed by atoms with van der Waals surface area (Å²) in [4.78, 5) is 27.9. The number of carbonyl (C=O) groups is 2. The molecule has 1 unspecified atom stereocenters. The van der Waals surface area contributed by atoms with E-state index in [0.29, 0.717) is 44.9 Å². The molecular formula is C27H38N2O4. The lowest BCUT2D eigenvalue weighted by Crippen LogP contribution is -2.49. The zero-order chi connectivity index (χ0) is 24.2. The van der Waals surface area contributed by atoms with Gasteiger partial charge in [-0.15, -0.1) is 0 Å². The highest BCUT2D eigenvalue weighted by Gasteiger charge is 2.28. The first-order valence-corrected chi connectivity index (χ1v) is 11.7. The molecule has 1 atom stereocenters. The number of carbonyl (C=O) groups excluding carboxylic acids is 2. The second kappa shape index (κ2) is 13.5. The van der Waals surface area contributed by atoms with Crippen molar-refractivity contribution in [3.05, 3.63) is 59.7 Å². The third-order valence-electron chi connectivity index (χ3n) is 5.38. The average Bonchev–Trinajstić information content (AvgIpc) is 2.81. The van der Waals surface area contributed by atoms with Gasteiger partial charge in [-0.3, -0.25) is 9.59 Å². The first-order valence-electron chi connectivity index (χ1n) is 11.7. The highest BCUT2D eigenvalue weighted by molar-refractivity contribution is 5.87. The summed E-state index contributed by atoms with van der Waals surface area (Å²) in [6.07, 6.45) is 1.43. The van der Waals surface area contributed by atoms with Crippen LogP contribution in [0.1, 0.15) is 51.2 Å². The standard InChI is InChI=1S/C27H38N2O4/c1-6-25(27(31)28-18-20(2)3)29(19-22-9-7-10-24(17-22)32-5)26(30)11-8-16-33-23-14-12-21(4)13-15-23/h7,9-10,12-15,17,20,25H,6,8,11,16,18-19H2,1-5H3,(H,28,31). The first-order chi connectivity index (χ1) is 15.8. The van der Waals surface area contributed by atoms with Crippen LogP contribution < -0.4 is 14.8 Å². The Morgan fingerprint density at radius 3 is 2.42 bits per heavy atom. The summed E-state index contributed by atoms with van der Waals surface area (Å²) < 4.78 is 11.1. The molecule has 6 nitrogen and oxygen atoms in total. The van der Waals surface area contributed by atoms with Crippen molar-refractivity contribution in [2.45, 2.75) is 59.5 Å². The number of nitrogens with one attached hydrogen (secondary N) is 1. The van der Waals surface area contributed by atoms with Crippen molar-refractivity contribution >= 4 is 11.8 Å². The minimum absolute atomic E-state index is 0.0585. The summed E-state index contributed by atoms with van der Waals surface area (Å²) in [5.74, 6) is 1.69. The van der Waals surface area contributed by atoms with Crippen molar-refractivity contribution in [3.63, 3.8) is 0 Å². The van der Waals surface area contributed by atoms with Crippen molar-refractivity contribution in [1.82, 2.24) is 10.2 Å². The van der Waals surface area contributed by atoms with Gasteiger partial charge in [0.15, 0.2) is 0 Å². The van der Waals surface area contributed by atoms with Crippen molar-refractivity contribution in [1.29, 1.82) is 0 Å². The highest BCUT2D eigenvalue weighted by Crippen LogP contribution is 2.19. The van der Waals surface area contributed by atoms with Crippen LogP contribution in [0.4, 0.5) is 0 Å². The van der Waals surface area contributed by atoms with Crippen LogP contribution in [0.5, 0.6) is 11.5 Å². The van der Waals surface area contributed by atoms with Crippen LogP contribution in [0.15, 0.2) is 48.5 Å². The predicted octanol–water partition coefficient (Wildman–Crippen LogP) is 4.74. The zero-order valence-electron chi connectivity index (χ0n) is 20.6. The maximum atomic E-state index is 13.3. The molecule has 0 aromatic heterocycles. The molecule has 0 spiro atoms. The molecule has 0 heterocycles. The maximum Gasteiger partial charge on any atom is 0.242 e. The Labute approximate surface area is 198 Å². The normalized spacial score (nSPS) is 11.7. The molecule has 2 aromatic rings. The molecule has 0 aliphatic carbocycles. The summed E-state index contributed by atoms with van der Waals surface area (Å²) in [7, 11) is 1.62. The van der Waals surface area contributed by atoms with Gasteiger partial charge in [0.05, 0.1) is 13.7 Å². The van der Waals surface area contributed by atoms with Gasteiger partial charge >= 0.3 is 0 Å². The number of hydrogen-bond acceptors (Lipinski definition) is 4. The fourth-order valence-corrected chi connectivity index (χ4v) is 3.50. The van der Waals surface area contributed by atoms with Gasteiger partial charge in [0.1, 0.15) is 17.5 Å². The van der Waals surface area contributed by atoms with E-state index < -0.39 is 6.04 Å². The van der Waals surface area contributed by atoms with E-state index in [1.807, 2.05) is 62.4 Å². The van der Waals surface area contributed by atoms with E-state index in [9.17, 15) is 9.59 Å². The minimum Gasteiger partial charge on any atom is -0.497 e. The van der Waals surface area contributed by atoms with E-state index in [1.54, 1.807) is 12.0 Å². The monoisotopic (exact) mass is 454 g/mol. The Morgan fingerprint density at radius 1 is 1.06 bits per heavy atom. The Balaban J connectivity index is 2.07. The predicted molar refractivity (Wildman–Crippen MR) is 131 cm³/mol. The Kier molecular flexibility index (Phi) is 10.7. The topological polar surface area (TPSA) is 67.9 Å². The molecule has 0 saturated heterocycles. The molecule has 0 saturated carbocycles. The molecule has 2 rings (SSSR count). The molecule has 0 aliphatic heterocycles. The van der Waals surface area contributed by atoms with E-state index in [2.05, 4.69) is 19.2 Å². The van der Waals surface area contributed by atoms with Crippen LogP contribution in [0.2, 0.25) is 0 Å². The number of benzene rings is 2. The lowest BCUT2D eigenvalue weighted by molar-refractivity contribution is -0.141. The lowest BCUT2D eigenvalue weighted by atomic mass is 10.1. The second-order valence-electron chi connectivity index (χ2n) is 8.70. The maximum absolute atomic E-state index is 13.3. The van der Waals surface area contributed by atoms with E-state index in [4.69, 9.17) is 9.47 Å². The van der Waals surface area contributed by atoms with Crippen molar-refractivity contribution in [2.75, 3.05) is 20.3 Å². The fraction of sp³-hybridized carbons (Fsp3) is 0.481. The highest BCUT2D eigenvalue weighted by atomic mass is 16.5. The number of amides is 2. The number of hydrogen-bond donors (Lipinski definition) is 1. The number of ether oxygens (including phenoxy) is 2. The number of rotatable bonds is 13. The second-order valence-corrected chi connectivity index (χ2v) is 8.70. The molecule has 0 fully saturated rings. The van der Waals surface area contributed by atoms with E-state index >= 15 is 0 Å².